The Kier molecular flexibility index (Phi) is 2.44. The predicted octanol–water partition coefficient (Wildman–Crippen LogP) is 2.66. The Labute approximate surface area is 96.3 Å². The third-order valence-electron chi connectivity index (χ3n) is 3.65. The molecule has 1 aromatic carbocycles. The molecule has 0 spiro atoms. The molecule has 0 N–H and O–H groups in total. The van der Waals surface area contributed by atoms with Crippen LogP contribution < -0.4 is 5.32 Å². The molecular formula is C14H17N2. The zero-order valence-corrected chi connectivity index (χ0v) is 9.69. The first-order valence-electron chi connectivity index (χ1n) is 6.03. The van der Waals surface area contributed by atoms with Crippen LogP contribution in [-0.4, -0.2) is 17.7 Å². The summed E-state index contributed by atoms with van der Waals surface area (Å²) in [5, 5.41) is 5.76. The summed E-state index contributed by atoms with van der Waals surface area (Å²) in [5.74, 6) is 0.719. The maximum Gasteiger partial charge on any atom is 0.0480 e. The van der Waals surface area contributed by atoms with Gasteiger partial charge in [-0.2, -0.15) is 0 Å². The van der Waals surface area contributed by atoms with Crippen LogP contribution in [0.15, 0.2) is 30.5 Å². The predicted molar refractivity (Wildman–Crippen MR) is 66.8 cm³/mol. The highest BCUT2D eigenvalue weighted by molar-refractivity contribution is 5.80. The smallest absolute Gasteiger partial charge is 0.0480 e. The Morgan fingerprint density at radius 1 is 1.19 bits per heavy atom. The number of aromatic nitrogens is 1. The van der Waals surface area contributed by atoms with E-state index in [-0.39, 0.29) is 0 Å². The summed E-state index contributed by atoms with van der Waals surface area (Å²) in [6.07, 6.45) is 4.57. The van der Waals surface area contributed by atoms with Gasteiger partial charge in [0, 0.05) is 31.9 Å². The maximum absolute atomic E-state index is 4.42. The molecule has 3 rings (SSSR count). The van der Waals surface area contributed by atoms with Crippen molar-refractivity contribution in [3.05, 3.63) is 36.0 Å². The Hall–Kier alpha value is -1.28. The van der Waals surface area contributed by atoms with Crippen LogP contribution in [-0.2, 0) is 7.05 Å². The fraction of sp³-hybridized carbons (Fsp3) is 0.429. The molecule has 1 fully saturated rings. The standard InChI is InChI=1S/C14H17N2/c1-16-9-6-12-2-3-13(10-14(12)16)11-4-7-15-8-5-11/h2-3,6,9-11H,4-5,7-8H2,1H3. The fourth-order valence-electron chi connectivity index (χ4n) is 2.62. The lowest BCUT2D eigenvalue weighted by atomic mass is 9.90. The third kappa shape index (κ3) is 1.63. The van der Waals surface area contributed by atoms with Gasteiger partial charge in [0.1, 0.15) is 0 Å². The fourth-order valence-corrected chi connectivity index (χ4v) is 2.62. The molecular weight excluding hydrogens is 196 g/mol. The van der Waals surface area contributed by atoms with E-state index in [2.05, 4.69) is 47.4 Å². The second-order valence-electron chi connectivity index (χ2n) is 4.69. The molecule has 2 nitrogen and oxygen atoms in total. The van der Waals surface area contributed by atoms with E-state index in [1.807, 2.05) is 0 Å². The number of fused-ring (bicyclic) bond motifs is 1. The lowest BCUT2D eigenvalue weighted by molar-refractivity contribution is 0.454. The number of rotatable bonds is 1. The van der Waals surface area contributed by atoms with Gasteiger partial charge in [-0.3, -0.25) is 0 Å². The van der Waals surface area contributed by atoms with E-state index in [1.165, 1.54) is 29.3 Å². The molecule has 1 aromatic heterocycles. The molecule has 0 aliphatic carbocycles. The van der Waals surface area contributed by atoms with E-state index in [0.29, 0.717) is 0 Å². The van der Waals surface area contributed by atoms with Crippen molar-refractivity contribution >= 4 is 10.9 Å². The minimum absolute atomic E-state index is 0.719. The first-order chi connectivity index (χ1) is 7.84. The number of piperidine rings is 1. The van der Waals surface area contributed by atoms with Crippen LogP contribution >= 0.6 is 0 Å². The summed E-state index contributed by atoms with van der Waals surface area (Å²) >= 11 is 0. The van der Waals surface area contributed by atoms with Crippen molar-refractivity contribution in [3.8, 4) is 0 Å². The number of benzene rings is 1. The Balaban J connectivity index is 1.99. The van der Waals surface area contributed by atoms with Gasteiger partial charge in [0.25, 0.3) is 0 Å². The van der Waals surface area contributed by atoms with Crippen molar-refractivity contribution in [2.45, 2.75) is 18.8 Å². The quantitative estimate of drug-likeness (QED) is 0.693. The molecule has 1 saturated heterocycles. The van der Waals surface area contributed by atoms with Crippen molar-refractivity contribution in [2.24, 2.45) is 7.05 Å². The average Bonchev–Trinajstić information content (AvgIpc) is 2.72. The van der Waals surface area contributed by atoms with Crippen LogP contribution in [0, 0.1) is 0 Å². The topological polar surface area (TPSA) is 19.0 Å². The Morgan fingerprint density at radius 3 is 2.81 bits per heavy atom. The van der Waals surface area contributed by atoms with Gasteiger partial charge in [0.05, 0.1) is 0 Å². The lowest BCUT2D eigenvalue weighted by Crippen LogP contribution is -2.20. The van der Waals surface area contributed by atoms with Gasteiger partial charge in [-0.25, -0.2) is 5.32 Å². The first-order valence-corrected chi connectivity index (χ1v) is 6.03. The van der Waals surface area contributed by atoms with Crippen molar-refractivity contribution in [2.75, 3.05) is 13.1 Å². The summed E-state index contributed by atoms with van der Waals surface area (Å²) in [6.45, 7) is 2.08. The van der Waals surface area contributed by atoms with E-state index >= 15 is 0 Å². The van der Waals surface area contributed by atoms with Crippen molar-refractivity contribution < 1.29 is 0 Å². The summed E-state index contributed by atoms with van der Waals surface area (Å²) in [5.41, 5.74) is 2.84. The van der Waals surface area contributed by atoms with Gasteiger partial charge in [0.2, 0.25) is 0 Å². The molecule has 0 saturated carbocycles. The number of nitrogens with zero attached hydrogens (tertiary/aromatic N) is 2. The molecule has 2 heterocycles. The van der Waals surface area contributed by atoms with Crippen LogP contribution in [0.4, 0.5) is 0 Å². The molecule has 0 atom stereocenters. The summed E-state index contributed by atoms with van der Waals surface area (Å²) in [7, 11) is 2.11. The zero-order valence-electron chi connectivity index (χ0n) is 9.69. The normalized spacial score (nSPS) is 18.1. The van der Waals surface area contributed by atoms with Crippen LogP contribution in [0.5, 0.6) is 0 Å². The highest BCUT2D eigenvalue weighted by Gasteiger charge is 2.16. The van der Waals surface area contributed by atoms with E-state index in [4.69, 9.17) is 0 Å². The van der Waals surface area contributed by atoms with E-state index in [9.17, 15) is 0 Å². The van der Waals surface area contributed by atoms with Crippen LogP contribution in [0.3, 0.4) is 0 Å². The van der Waals surface area contributed by atoms with E-state index in [0.717, 1.165) is 19.0 Å². The van der Waals surface area contributed by atoms with Gasteiger partial charge in [-0.05, 0) is 41.8 Å². The van der Waals surface area contributed by atoms with Gasteiger partial charge in [0.15, 0.2) is 0 Å². The highest BCUT2D eigenvalue weighted by Crippen LogP contribution is 2.28. The van der Waals surface area contributed by atoms with E-state index in [1.54, 1.807) is 0 Å². The average molecular weight is 213 g/mol. The Bertz CT molecular complexity index is 492. The van der Waals surface area contributed by atoms with E-state index < -0.39 is 0 Å². The number of hydrogen-bond donors (Lipinski definition) is 0. The van der Waals surface area contributed by atoms with Crippen molar-refractivity contribution in [1.82, 2.24) is 9.88 Å². The largest absolute Gasteiger partial charge is 0.351 e. The molecule has 1 aliphatic rings. The zero-order chi connectivity index (χ0) is 11.0. The highest BCUT2D eigenvalue weighted by atomic mass is 14.9. The van der Waals surface area contributed by atoms with Crippen LogP contribution in [0.25, 0.3) is 10.9 Å². The van der Waals surface area contributed by atoms with Gasteiger partial charge in [-0.15, -0.1) is 0 Å². The second kappa shape index (κ2) is 3.95. The van der Waals surface area contributed by atoms with Crippen molar-refractivity contribution in [1.29, 1.82) is 0 Å². The molecule has 2 heteroatoms. The van der Waals surface area contributed by atoms with Crippen LogP contribution in [0.2, 0.25) is 0 Å². The maximum atomic E-state index is 4.42. The molecule has 16 heavy (non-hydrogen) atoms. The molecule has 0 amide bonds. The molecule has 1 radical (unpaired) electrons. The lowest BCUT2D eigenvalue weighted by Gasteiger charge is -2.22. The number of aryl methyl sites for hydroxylation is 1. The SMILES string of the molecule is Cn1ccc2ccc(C3CC[N]CC3)cc21. The molecule has 2 aromatic rings. The van der Waals surface area contributed by atoms with Crippen LogP contribution in [0.1, 0.15) is 24.3 Å². The molecule has 83 valence electrons. The summed E-state index contributed by atoms with van der Waals surface area (Å²) in [4.78, 5) is 0. The Morgan fingerprint density at radius 2 is 2.00 bits per heavy atom. The van der Waals surface area contributed by atoms with Gasteiger partial charge < -0.3 is 4.57 Å². The molecule has 1 aliphatic heterocycles. The van der Waals surface area contributed by atoms with Gasteiger partial charge in [-0.1, -0.05) is 12.1 Å². The minimum atomic E-state index is 0.719. The van der Waals surface area contributed by atoms with Crippen molar-refractivity contribution in [3.63, 3.8) is 0 Å². The van der Waals surface area contributed by atoms with Gasteiger partial charge >= 0.3 is 0 Å². The second-order valence-corrected chi connectivity index (χ2v) is 4.69. The molecule has 0 unspecified atom stereocenters. The summed E-state index contributed by atoms with van der Waals surface area (Å²) in [6, 6.07) is 9.06. The third-order valence-corrected chi connectivity index (χ3v) is 3.65. The molecule has 0 bridgehead atoms. The first kappa shape index (κ1) is 9.91. The minimum Gasteiger partial charge on any atom is -0.351 e. The summed E-state index contributed by atoms with van der Waals surface area (Å²) < 4.78 is 2.20. The monoisotopic (exact) mass is 213 g/mol. The number of hydrogen-bond acceptors (Lipinski definition) is 0.